The molecule has 0 saturated heterocycles. The van der Waals surface area contributed by atoms with Crippen LogP contribution in [0.25, 0.3) is 10.8 Å². The number of fused-ring (bicyclic) bond motifs is 3. The van der Waals surface area contributed by atoms with Gasteiger partial charge >= 0.3 is 0 Å². The average Bonchev–Trinajstić information content (AvgIpc) is 2.61. The summed E-state index contributed by atoms with van der Waals surface area (Å²) in [6, 6.07) is 12.9. The van der Waals surface area contributed by atoms with Crippen molar-refractivity contribution in [1.29, 1.82) is 0 Å². The first-order valence-corrected chi connectivity index (χ1v) is 4.98. The molecule has 70 valence electrons. The predicted molar refractivity (Wildman–Crippen MR) is 57.2 cm³/mol. The van der Waals surface area contributed by atoms with E-state index >= 15 is 0 Å². The van der Waals surface area contributed by atoms with Crippen molar-refractivity contribution in [2.75, 3.05) is 0 Å². The van der Waals surface area contributed by atoms with Crippen molar-refractivity contribution in [3.05, 3.63) is 47.5 Å². The molecule has 1 aliphatic heterocycles. The van der Waals surface area contributed by atoms with E-state index in [1.807, 2.05) is 0 Å². The van der Waals surface area contributed by atoms with Crippen LogP contribution < -0.4 is 0 Å². The van der Waals surface area contributed by atoms with Crippen molar-refractivity contribution in [2.45, 2.75) is 19.6 Å². The Balaban J connectivity index is 2.41. The summed E-state index contributed by atoms with van der Waals surface area (Å²) >= 11 is 0. The molecular weight excluding hydrogens is 172 g/mol. The maximum Gasteiger partial charge on any atom is 0.0810 e. The van der Waals surface area contributed by atoms with Crippen molar-refractivity contribution in [2.24, 2.45) is 0 Å². The van der Waals surface area contributed by atoms with Crippen molar-refractivity contribution in [3.8, 4) is 0 Å². The Morgan fingerprint density at radius 3 is 2.93 bits per heavy atom. The molecule has 1 heterocycles. The second-order valence-electron chi connectivity index (χ2n) is 3.81. The van der Waals surface area contributed by atoms with Crippen LogP contribution in [-0.2, 0) is 11.3 Å². The summed E-state index contributed by atoms with van der Waals surface area (Å²) in [5.74, 6) is 0. The molecule has 0 N–H and O–H groups in total. The number of hydrogen-bond acceptors (Lipinski definition) is 1. The lowest BCUT2D eigenvalue weighted by Gasteiger charge is -2.07. The lowest BCUT2D eigenvalue weighted by atomic mass is 9.98. The first-order valence-electron chi connectivity index (χ1n) is 4.98. The number of hydrogen-bond donors (Lipinski definition) is 0. The smallest absolute Gasteiger partial charge is 0.0810 e. The van der Waals surface area contributed by atoms with Crippen LogP contribution in [0.5, 0.6) is 0 Å². The number of benzene rings is 2. The van der Waals surface area contributed by atoms with E-state index in [4.69, 9.17) is 4.74 Å². The summed E-state index contributed by atoms with van der Waals surface area (Å²) in [4.78, 5) is 0. The van der Waals surface area contributed by atoms with Crippen LogP contribution >= 0.6 is 0 Å². The van der Waals surface area contributed by atoms with Gasteiger partial charge in [0.1, 0.15) is 0 Å². The van der Waals surface area contributed by atoms with Gasteiger partial charge in [0.2, 0.25) is 0 Å². The van der Waals surface area contributed by atoms with Crippen LogP contribution in [0.15, 0.2) is 36.4 Å². The maximum atomic E-state index is 5.63. The fourth-order valence-corrected chi connectivity index (χ4v) is 2.24. The van der Waals surface area contributed by atoms with E-state index < -0.39 is 0 Å². The minimum Gasteiger partial charge on any atom is -0.369 e. The van der Waals surface area contributed by atoms with Gasteiger partial charge in [-0.05, 0) is 28.8 Å². The Bertz CT molecular complexity index is 488. The van der Waals surface area contributed by atoms with Gasteiger partial charge in [0.25, 0.3) is 0 Å². The van der Waals surface area contributed by atoms with E-state index in [1.165, 1.54) is 21.9 Å². The predicted octanol–water partition coefficient (Wildman–Crippen LogP) is 3.43. The largest absolute Gasteiger partial charge is 0.369 e. The van der Waals surface area contributed by atoms with Gasteiger partial charge in [-0.3, -0.25) is 0 Å². The highest BCUT2D eigenvalue weighted by Crippen LogP contribution is 2.35. The molecule has 0 spiro atoms. The van der Waals surface area contributed by atoms with E-state index in [1.54, 1.807) is 0 Å². The lowest BCUT2D eigenvalue weighted by molar-refractivity contribution is 0.0802. The zero-order valence-corrected chi connectivity index (χ0v) is 8.16. The molecule has 1 atom stereocenters. The third kappa shape index (κ3) is 0.992. The zero-order valence-electron chi connectivity index (χ0n) is 8.16. The minimum atomic E-state index is 0.246. The van der Waals surface area contributed by atoms with E-state index in [9.17, 15) is 0 Å². The first kappa shape index (κ1) is 8.01. The Labute approximate surface area is 83.3 Å². The van der Waals surface area contributed by atoms with Gasteiger partial charge < -0.3 is 4.74 Å². The Morgan fingerprint density at radius 2 is 2.00 bits per heavy atom. The summed E-state index contributed by atoms with van der Waals surface area (Å²) in [7, 11) is 0. The van der Waals surface area contributed by atoms with Gasteiger partial charge in [-0.2, -0.15) is 0 Å². The summed E-state index contributed by atoms with van der Waals surface area (Å²) in [5, 5.41) is 2.65. The van der Waals surface area contributed by atoms with Gasteiger partial charge in [0.15, 0.2) is 0 Å². The Morgan fingerprint density at radius 1 is 1.14 bits per heavy atom. The third-order valence-electron chi connectivity index (χ3n) is 2.96. The molecule has 1 unspecified atom stereocenters. The normalized spacial score (nSPS) is 19.9. The molecule has 0 aromatic heterocycles. The molecule has 0 amide bonds. The molecule has 14 heavy (non-hydrogen) atoms. The van der Waals surface area contributed by atoms with Crippen LogP contribution in [0.4, 0.5) is 0 Å². The fourth-order valence-electron chi connectivity index (χ4n) is 2.24. The highest BCUT2D eigenvalue weighted by molar-refractivity contribution is 5.87. The molecule has 2 aromatic rings. The quantitative estimate of drug-likeness (QED) is 0.609. The van der Waals surface area contributed by atoms with Crippen molar-refractivity contribution < 1.29 is 4.74 Å². The molecule has 0 aliphatic carbocycles. The number of ether oxygens (including phenoxy) is 1. The van der Waals surface area contributed by atoms with Crippen LogP contribution in [0.1, 0.15) is 24.2 Å². The molecule has 0 fully saturated rings. The Kier molecular flexibility index (Phi) is 1.62. The standard InChI is InChI=1S/C13H12O/c1-9-13-11(8-14-9)7-6-10-4-2-3-5-12(10)13/h2-7,9H,8H2,1H3. The van der Waals surface area contributed by atoms with Crippen LogP contribution in [0.2, 0.25) is 0 Å². The molecule has 1 nitrogen and oxygen atoms in total. The summed E-state index contributed by atoms with van der Waals surface area (Å²) < 4.78 is 5.63. The summed E-state index contributed by atoms with van der Waals surface area (Å²) in [5.41, 5.74) is 2.72. The maximum absolute atomic E-state index is 5.63. The topological polar surface area (TPSA) is 9.23 Å². The summed E-state index contributed by atoms with van der Waals surface area (Å²) in [6.45, 7) is 2.89. The monoisotopic (exact) mass is 184 g/mol. The zero-order chi connectivity index (χ0) is 9.54. The molecule has 3 rings (SSSR count). The van der Waals surface area contributed by atoms with E-state index in [2.05, 4.69) is 43.3 Å². The highest BCUT2D eigenvalue weighted by Gasteiger charge is 2.20. The molecule has 0 radical (unpaired) electrons. The Hall–Kier alpha value is -1.34. The average molecular weight is 184 g/mol. The van der Waals surface area contributed by atoms with Crippen molar-refractivity contribution in [3.63, 3.8) is 0 Å². The fraction of sp³-hybridized carbons (Fsp3) is 0.231. The van der Waals surface area contributed by atoms with Crippen LogP contribution in [0, 0.1) is 0 Å². The molecule has 0 bridgehead atoms. The molecule has 0 saturated carbocycles. The second-order valence-corrected chi connectivity index (χ2v) is 3.81. The van der Waals surface area contributed by atoms with Crippen LogP contribution in [0.3, 0.4) is 0 Å². The lowest BCUT2D eigenvalue weighted by Crippen LogP contribution is -1.89. The van der Waals surface area contributed by atoms with Crippen LogP contribution in [-0.4, -0.2) is 0 Å². The van der Waals surface area contributed by atoms with Gasteiger partial charge in [-0.15, -0.1) is 0 Å². The molecule has 1 aliphatic rings. The van der Waals surface area contributed by atoms with E-state index in [-0.39, 0.29) is 6.10 Å². The van der Waals surface area contributed by atoms with Gasteiger partial charge in [-0.1, -0.05) is 36.4 Å². The summed E-state index contributed by atoms with van der Waals surface area (Å²) in [6.07, 6.45) is 0.246. The SMILES string of the molecule is CC1OCc2ccc3ccccc3c21. The third-order valence-corrected chi connectivity index (χ3v) is 2.96. The molecule has 2 aromatic carbocycles. The van der Waals surface area contributed by atoms with E-state index in [0.717, 1.165) is 6.61 Å². The second kappa shape index (κ2) is 2.82. The van der Waals surface area contributed by atoms with Crippen molar-refractivity contribution >= 4 is 10.8 Å². The van der Waals surface area contributed by atoms with Gasteiger partial charge in [0, 0.05) is 0 Å². The van der Waals surface area contributed by atoms with Gasteiger partial charge in [0.05, 0.1) is 12.7 Å². The first-order chi connectivity index (χ1) is 6.86. The number of rotatable bonds is 0. The highest BCUT2D eigenvalue weighted by atomic mass is 16.5. The molecular formula is C13H12O. The molecule has 1 heteroatoms. The minimum absolute atomic E-state index is 0.246. The van der Waals surface area contributed by atoms with Crippen molar-refractivity contribution in [1.82, 2.24) is 0 Å². The van der Waals surface area contributed by atoms with E-state index in [0.29, 0.717) is 0 Å². The van der Waals surface area contributed by atoms with Gasteiger partial charge in [-0.25, -0.2) is 0 Å².